The Morgan fingerprint density at radius 1 is 1.25 bits per heavy atom. The number of rotatable bonds is 4. The normalized spacial score (nSPS) is 10.6. The number of benzene rings is 1. The topological polar surface area (TPSA) is 81.2 Å². The monoisotopic (exact) mass is 269 g/mol. The number of nitrogens with zero attached hydrogens (tertiary/aromatic N) is 2. The third-order valence-corrected chi connectivity index (χ3v) is 2.98. The van der Waals surface area contributed by atoms with Crippen LogP contribution in [0.1, 0.15) is 5.76 Å². The van der Waals surface area contributed by atoms with Gasteiger partial charge in [0, 0.05) is 23.3 Å². The molecule has 0 bridgehead atoms. The van der Waals surface area contributed by atoms with Crippen molar-refractivity contribution in [1.82, 2.24) is 4.98 Å². The van der Waals surface area contributed by atoms with Crippen molar-refractivity contribution in [3.63, 3.8) is 0 Å². The van der Waals surface area contributed by atoms with Crippen LogP contribution >= 0.6 is 0 Å². The van der Waals surface area contributed by atoms with E-state index in [1.807, 2.05) is 12.1 Å². The second-order valence-electron chi connectivity index (χ2n) is 4.22. The third kappa shape index (κ3) is 2.18. The molecule has 100 valence electrons. The van der Waals surface area contributed by atoms with E-state index in [0.717, 1.165) is 11.4 Å². The van der Waals surface area contributed by atoms with E-state index in [2.05, 4.69) is 10.3 Å². The van der Waals surface area contributed by atoms with E-state index in [-0.39, 0.29) is 5.69 Å². The molecule has 0 saturated heterocycles. The predicted molar refractivity (Wildman–Crippen MR) is 74.4 cm³/mol. The van der Waals surface area contributed by atoms with Crippen molar-refractivity contribution in [2.45, 2.75) is 6.54 Å². The van der Waals surface area contributed by atoms with Crippen LogP contribution in [0.15, 0.2) is 53.3 Å². The van der Waals surface area contributed by atoms with Gasteiger partial charge >= 0.3 is 0 Å². The van der Waals surface area contributed by atoms with Crippen molar-refractivity contribution in [1.29, 1.82) is 0 Å². The van der Waals surface area contributed by atoms with Gasteiger partial charge in [0.05, 0.1) is 17.7 Å². The van der Waals surface area contributed by atoms with E-state index in [1.54, 1.807) is 30.7 Å². The number of furan rings is 1. The Hall–Kier alpha value is -2.89. The third-order valence-electron chi connectivity index (χ3n) is 2.98. The van der Waals surface area contributed by atoms with Crippen LogP contribution in [0.3, 0.4) is 0 Å². The Balaban J connectivity index is 1.99. The van der Waals surface area contributed by atoms with Gasteiger partial charge in [-0.15, -0.1) is 0 Å². The first-order valence-corrected chi connectivity index (χ1v) is 6.04. The zero-order valence-corrected chi connectivity index (χ0v) is 10.4. The average molecular weight is 269 g/mol. The number of non-ortho nitro benzene ring substituents is 1. The van der Waals surface area contributed by atoms with Crippen molar-refractivity contribution in [3.05, 3.63) is 64.7 Å². The molecule has 0 saturated carbocycles. The van der Waals surface area contributed by atoms with Gasteiger partial charge in [-0.05, 0) is 30.3 Å². The molecule has 0 aliphatic rings. The van der Waals surface area contributed by atoms with Crippen LogP contribution in [-0.2, 0) is 6.54 Å². The molecule has 0 fully saturated rings. The fraction of sp³-hybridized carbons (Fsp3) is 0.0714. The number of nitro benzene ring substituents is 1. The Morgan fingerprint density at radius 3 is 2.90 bits per heavy atom. The van der Waals surface area contributed by atoms with Crippen molar-refractivity contribution < 1.29 is 9.34 Å². The van der Waals surface area contributed by atoms with Gasteiger partial charge in [-0.25, -0.2) is 4.98 Å². The van der Waals surface area contributed by atoms with E-state index in [0.29, 0.717) is 17.4 Å². The van der Waals surface area contributed by atoms with Gasteiger partial charge in [0.1, 0.15) is 11.3 Å². The molecule has 20 heavy (non-hydrogen) atoms. The second kappa shape index (κ2) is 5.00. The summed E-state index contributed by atoms with van der Waals surface area (Å²) in [6.45, 7) is 0.509. The van der Waals surface area contributed by atoms with Crippen LogP contribution in [0.25, 0.3) is 10.9 Å². The highest BCUT2D eigenvalue weighted by atomic mass is 16.6. The van der Waals surface area contributed by atoms with Crippen molar-refractivity contribution in [2.75, 3.05) is 5.32 Å². The summed E-state index contributed by atoms with van der Waals surface area (Å²) < 4.78 is 5.24. The Labute approximate surface area is 114 Å². The van der Waals surface area contributed by atoms with E-state index in [1.165, 1.54) is 6.07 Å². The SMILES string of the molecule is O=[N+]([O-])c1ccc(NCc2ccco2)c2cccnc12. The van der Waals surface area contributed by atoms with Crippen LogP contribution in [-0.4, -0.2) is 9.91 Å². The predicted octanol–water partition coefficient (Wildman–Crippen LogP) is 3.35. The van der Waals surface area contributed by atoms with E-state index in [4.69, 9.17) is 4.42 Å². The van der Waals surface area contributed by atoms with E-state index >= 15 is 0 Å². The summed E-state index contributed by atoms with van der Waals surface area (Å²) in [5, 5.41) is 14.9. The quantitative estimate of drug-likeness (QED) is 0.580. The maximum Gasteiger partial charge on any atom is 0.295 e. The van der Waals surface area contributed by atoms with Gasteiger partial charge in [0.2, 0.25) is 0 Å². The first-order chi connectivity index (χ1) is 9.75. The summed E-state index contributed by atoms with van der Waals surface area (Å²) in [7, 11) is 0. The van der Waals surface area contributed by atoms with Gasteiger partial charge in [0.25, 0.3) is 5.69 Å². The molecular weight excluding hydrogens is 258 g/mol. The molecule has 2 aromatic heterocycles. The number of anilines is 1. The maximum absolute atomic E-state index is 11.0. The molecule has 1 aromatic carbocycles. The van der Waals surface area contributed by atoms with Gasteiger partial charge in [-0.2, -0.15) is 0 Å². The molecule has 6 heteroatoms. The number of hydrogen-bond donors (Lipinski definition) is 1. The molecule has 0 spiro atoms. The summed E-state index contributed by atoms with van der Waals surface area (Å²) in [6, 6.07) is 10.4. The van der Waals surface area contributed by atoms with E-state index in [9.17, 15) is 10.1 Å². The second-order valence-corrected chi connectivity index (χ2v) is 4.22. The Bertz CT molecular complexity index is 753. The minimum absolute atomic E-state index is 0.00384. The fourth-order valence-corrected chi connectivity index (χ4v) is 2.05. The molecule has 0 radical (unpaired) electrons. The van der Waals surface area contributed by atoms with Crippen LogP contribution in [0, 0.1) is 10.1 Å². The Kier molecular flexibility index (Phi) is 3.04. The Morgan fingerprint density at radius 2 is 2.15 bits per heavy atom. The lowest BCUT2D eigenvalue weighted by Gasteiger charge is -2.08. The molecule has 6 nitrogen and oxygen atoms in total. The molecule has 0 aliphatic heterocycles. The molecule has 3 rings (SSSR count). The number of aromatic nitrogens is 1. The van der Waals surface area contributed by atoms with Crippen LogP contribution in [0.4, 0.5) is 11.4 Å². The molecule has 3 aromatic rings. The lowest BCUT2D eigenvalue weighted by atomic mass is 10.1. The van der Waals surface area contributed by atoms with Crippen LogP contribution in [0.2, 0.25) is 0 Å². The fourth-order valence-electron chi connectivity index (χ4n) is 2.05. The lowest BCUT2D eigenvalue weighted by Crippen LogP contribution is -2.00. The molecule has 0 atom stereocenters. The highest BCUT2D eigenvalue weighted by Gasteiger charge is 2.15. The zero-order valence-electron chi connectivity index (χ0n) is 10.4. The van der Waals surface area contributed by atoms with Crippen molar-refractivity contribution >= 4 is 22.3 Å². The van der Waals surface area contributed by atoms with Crippen molar-refractivity contribution in [3.8, 4) is 0 Å². The van der Waals surface area contributed by atoms with Gasteiger partial charge in [-0.3, -0.25) is 10.1 Å². The molecular formula is C14H11N3O3. The molecule has 0 aliphatic carbocycles. The minimum Gasteiger partial charge on any atom is -0.467 e. The molecule has 2 heterocycles. The lowest BCUT2D eigenvalue weighted by molar-refractivity contribution is -0.383. The number of nitro groups is 1. The highest BCUT2D eigenvalue weighted by molar-refractivity contribution is 5.96. The summed E-state index contributed by atoms with van der Waals surface area (Å²) in [6.07, 6.45) is 3.15. The number of fused-ring (bicyclic) bond motifs is 1. The standard InChI is InChI=1S/C14H11N3O3/c18-17(19)13-6-5-12(11-4-1-7-15-14(11)13)16-9-10-3-2-8-20-10/h1-8,16H,9H2. The first-order valence-electron chi connectivity index (χ1n) is 6.04. The summed E-state index contributed by atoms with van der Waals surface area (Å²) >= 11 is 0. The summed E-state index contributed by atoms with van der Waals surface area (Å²) in [5.41, 5.74) is 1.17. The van der Waals surface area contributed by atoms with Gasteiger partial charge in [0.15, 0.2) is 0 Å². The summed E-state index contributed by atoms with van der Waals surface area (Å²) in [4.78, 5) is 14.7. The molecule has 0 amide bonds. The number of hydrogen-bond acceptors (Lipinski definition) is 5. The summed E-state index contributed by atoms with van der Waals surface area (Å²) in [5.74, 6) is 0.792. The minimum atomic E-state index is -0.425. The smallest absolute Gasteiger partial charge is 0.295 e. The maximum atomic E-state index is 11.0. The first kappa shape index (κ1) is 12.2. The zero-order chi connectivity index (χ0) is 13.9. The largest absolute Gasteiger partial charge is 0.467 e. The molecule has 1 N–H and O–H groups in total. The number of nitrogens with one attached hydrogen (secondary N) is 1. The van der Waals surface area contributed by atoms with Crippen LogP contribution < -0.4 is 5.32 Å². The average Bonchev–Trinajstić information content (AvgIpc) is 2.97. The molecule has 0 unspecified atom stereocenters. The van der Waals surface area contributed by atoms with E-state index < -0.39 is 4.92 Å². The number of pyridine rings is 1. The van der Waals surface area contributed by atoms with Gasteiger partial charge in [-0.1, -0.05) is 0 Å². The van der Waals surface area contributed by atoms with Crippen LogP contribution in [0.5, 0.6) is 0 Å². The van der Waals surface area contributed by atoms with Crippen molar-refractivity contribution in [2.24, 2.45) is 0 Å². The van der Waals surface area contributed by atoms with Gasteiger partial charge < -0.3 is 9.73 Å². The highest BCUT2D eigenvalue weighted by Crippen LogP contribution is 2.29.